The molecule has 0 unspecified atom stereocenters. The second kappa shape index (κ2) is 10.5. The topological polar surface area (TPSA) is 64.6 Å². The highest BCUT2D eigenvalue weighted by atomic mass is 16.5. The van der Waals surface area contributed by atoms with Crippen molar-refractivity contribution in [1.29, 1.82) is 0 Å². The standard InChI is InChI=1S/C26H33NO4/c1-4-19(3)31-23-15-14-21(18-22(23)24(28)30-5-2)27-25(29)26(16-10-7-11-17-26)20-12-8-6-9-13-20/h6,8-9,12-15,18-19H,4-5,7,10-11,16-17H2,1-3H3,(H,27,29)/t19-/m0/s1. The molecule has 1 aliphatic carbocycles. The molecule has 2 aromatic rings. The Hall–Kier alpha value is -2.82. The lowest BCUT2D eigenvalue weighted by molar-refractivity contribution is -0.122. The van der Waals surface area contributed by atoms with E-state index in [1.165, 1.54) is 0 Å². The quantitative estimate of drug-likeness (QED) is 0.538. The summed E-state index contributed by atoms with van der Waals surface area (Å²) in [6.07, 6.45) is 5.63. The number of hydrogen-bond acceptors (Lipinski definition) is 4. The largest absolute Gasteiger partial charge is 0.490 e. The Morgan fingerprint density at radius 2 is 1.74 bits per heavy atom. The summed E-state index contributed by atoms with van der Waals surface area (Å²) in [5.74, 6) is -0.00242. The van der Waals surface area contributed by atoms with Gasteiger partial charge in [0.2, 0.25) is 5.91 Å². The lowest BCUT2D eigenvalue weighted by Crippen LogP contribution is -2.42. The van der Waals surface area contributed by atoms with Crippen LogP contribution in [0.2, 0.25) is 0 Å². The van der Waals surface area contributed by atoms with E-state index in [0.717, 1.165) is 44.1 Å². The molecule has 1 atom stereocenters. The van der Waals surface area contributed by atoms with Crippen LogP contribution in [0.25, 0.3) is 0 Å². The fourth-order valence-corrected chi connectivity index (χ4v) is 4.19. The molecular weight excluding hydrogens is 390 g/mol. The smallest absolute Gasteiger partial charge is 0.341 e. The maximum Gasteiger partial charge on any atom is 0.341 e. The van der Waals surface area contributed by atoms with Crippen LogP contribution >= 0.6 is 0 Å². The van der Waals surface area contributed by atoms with Crippen molar-refractivity contribution in [3.8, 4) is 5.75 Å². The van der Waals surface area contributed by atoms with Crippen LogP contribution in [0.5, 0.6) is 5.75 Å². The third-order valence-electron chi connectivity index (χ3n) is 6.10. The first-order valence-electron chi connectivity index (χ1n) is 11.3. The summed E-state index contributed by atoms with van der Waals surface area (Å²) >= 11 is 0. The molecule has 1 saturated carbocycles. The van der Waals surface area contributed by atoms with Gasteiger partial charge in [-0.1, -0.05) is 56.5 Å². The van der Waals surface area contributed by atoms with Crippen molar-refractivity contribution >= 4 is 17.6 Å². The molecule has 1 aliphatic rings. The Morgan fingerprint density at radius 1 is 1.03 bits per heavy atom. The molecule has 2 aromatic carbocycles. The van der Waals surface area contributed by atoms with Crippen LogP contribution in [-0.4, -0.2) is 24.6 Å². The minimum atomic E-state index is -0.546. The van der Waals surface area contributed by atoms with Gasteiger partial charge in [-0.3, -0.25) is 4.79 Å². The van der Waals surface area contributed by atoms with Crippen molar-refractivity contribution < 1.29 is 19.1 Å². The zero-order valence-corrected chi connectivity index (χ0v) is 18.8. The average Bonchev–Trinajstić information content (AvgIpc) is 2.81. The van der Waals surface area contributed by atoms with Gasteiger partial charge >= 0.3 is 5.97 Å². The first-order chi connectivity index (χ1) is 15.0. The molecule has 0 bridgehead atoms. The number of nitrogens with one attached hydrogen (secondary N) is 1. The molecule has 5 heteroatoms. The number of esters is 1. The Balaban J connectivity index is 1.90. The summed E-state index contributed by atoms with van der Waals surface area (Å²) in [5.41, 5.74) is 1.41. The number of hydrogen-bond donors (Lipinski definition) is 1. The van der Waals surface area contributed by atoms with E-state index in [9.17, 15) is 9.59 Å². The van der Waals surface area contributed by atoms with Gasteiger partial charge in [0.25, 0.3) is 0 Å². The summed E-state index contributed by atoms with van der Waals surface area (Å²) in [7, 11) is 0. The van der Waals surface area contributed by atoms with E-state index in [1.54, 1.807) is 25.1 Å². The van der Waals surface area contributed by atoms with Crippen molar-refractivity contribution in [2.75, 3.05) is 11.9 Å². The zero-order chi connectivity index (χ0) is 22.3. The van der Waals surface area contributed by atoms with Crippen molar-refractivity contribution in [2.24, 2.45) is 0 Å². The molecule has 0 saturated heterocycles. The number of benzene rings is 2. The molecule has 0 heterocycles. The van der Waals surface area contributed by atoms with Crippen molar-refractivity contribution in [2.45, 2.75) is 70.8 Å². The lowest BCUT2D eigenvalue weighted by atomic mass is 9.68. The van der Waals surface area contributed by atoms with E-state index in [0.29, 0.717) is 17.0 Å². The van der Waals surface area contributed by atoms with E-state index in [4.69, 9.17) is 9.47 Å². The second-order valence-corrected chi connectivity index (χ2v) is 8.23. The van der Waals surface area contributed by atoms with Gasteiger partial charge in [-0.15, -0.1) is 0 Å². The minimum Gasteiger partial charge on any atom is -0.490 e. The van der Waals surface area contributed by atoms with Gasteiger partial charge in [-0.05, 0) is 56.9 Å². The van der Waals surface area contributed by atoms with Gasteiger partial charge in [-0.25, -0.2) is 4.79 Å². The Bertz CT molecular complexity index is 888. The summed E-state index contributed by atoms with van der Waals surface area (Å²) in [4.78, 5) is 26.1. The minimum absolute atomic E-state index is 0.0243. The highest BCUT2D eigenvalue weighted by molar-refractivity contribution is 6.01. The van der Waals surface area contributed by atoms with Crippen molar-refractivity contribution in [3.63, 3.8) is 0 Å². The van der Waals surface area contributed by atoms with Gasteiger partial charge in [0.15, 0.2) is 0 Å². The molecule has 1 N–H and O–H groups in total. The van der Waals surface area contributed by atoms with Gasteiger partial charge < -0.3 is 14.8 Å². The van der Waals surface area contributed by atoms with E-state index < -0.39 is 11.4 Å². The number of ether oxygens (including phenoxy) is 2. The number of amides is 1. The van der Waals surface area contributed by atoms with Crippen LogP contribution in [0, 0.1) is 0 Å². The fourth-order valence-electron chi connectivity index (χ4n) is 4.19. The van der Waals surface area contributed by atoms with E-state index in [1.807, 2.05) is 44.2 Å². The fraction of sp³-hybridized carbons (Fsp3) is 0.462. The van der Waals surface area contributed by atoms with Crippen molar-refractivity contribution in [3.05, 3.63) is 59.7 Å². The molecule has 3 rings (SSSR count). The van der Waals surface area contributed by atoms with E-state index in [-0.39, 0.29) is 18.6 Å². The maximum atomic E-state index is 13.5. The highest BCUT2D eigenvalue weighted by Gasteiger charge is 2.41. The van der Waals surface area contributed by atoms with E-state index >= 15 is 0 Å². The molecule has 31 heavy (non-hydrogen) atoms. The van der Waals surface area contributed by atoms with Gasteiger partial charge in [0, 0.05) is 5.69 Å². The third-order valence-corrected chi connectivity index (χ3v) is 6.10. The van der Waals surface area contributed by atoms with E-state index in [2.05, 4.69) is 5.32 Å². The highest BCUT2D eigenvalue weighted by Crippen LogP contribution is 2.40. The number of carbonyl (C=O) groups is 2. The molecule has 0 radical (unpaired) electrons. The third kappa shape index (κ3) is 5.27. The summed E-state index contributed by atoms with van der Waals surface area (Å²) in [5, 5.41) is 3.08. The molecule has 1 amide bonds. The number of carbonyl (C=O) groups excluding carboxylic acids is 2. The van der Waals surface area contributed by atoms with Crippen LogP contribution in [0.1, 0.15) is 75.2 Å². The molecule has 0 aromatic heterocycles. The first-order valence-corrected chi connectivity index (χ1v) is 11.3. The lowest BCUT2D eigenvalue weighted by Gasteiger charge is -2.36. The molecular formula is C26H33NO4. The monoisotopic (exact) mass is 423 g/mol. The normalized spacial score (nSPS) is 16.2. The molecule has 0 aliphatic heterocycles. The number of rotatable bonds is 8. The van der Waals surface area contributed by atoms with Crippen LogP contribution < -0.4 is 10.1 Å². The Morgan fingerprint density at radius 3 is 2.39 bits per heavy atom. The van der Waals surface area contributed by atoms with Gasteiger partial charge in [0.05, 0.1) is 18.1 Å². The van der Waals surface area contributed by atoms with Gasteiger partial charge in [0.1, 0.15) is 11.3 Å². The maximum absolute atomic E-state index is 13.5. The SMILES string of the molecule is CCOC(=O)c1cc(NC(=O)C2(c3ccccc3)CCCCC2)ccc1O[C@@H](C)CC. The van der Waals surface area contributed by atoms with Crippen LogP contribution in [-0.2, 0) is 14.9 Å². The van der Waals surface area contributed by atoms with Crippen molar-refractivity contribution in [1.82, 2.24) is 0 Å². The summed E-state index contributed by atoms with van der Waals surface area (Å²) < 4.78 is 11.1. The molecule has 166 valence electrons. The zero-order valence-electron chi connectivity index (χ0n) is 18.8. The predicted octanol–water partition coefficient (Wildman–Crippen LogP) is 5.88. The predicted molar refractivity (Wildman–Crippen MR) is 123 cm³/mol. The summed E-state index contributed by atoms with van der Waals surface area (Å²) in [6, 6.07) is 15.2. The van der Waals surface area contributed by atoms with Crippen LogP contribution in [0.15, 0.2) is 48.5 Å². The average molecular weight is 424 g/mol. The van der Waals surface area contributed by atoms with Gasteiger partial charge in [-0.2, -0.15) is 0 Å². The van der Waals surface area contributed by atoms with Crippen LogP contribution in [0.3, 0.4) is 0 Å². The number of anilines is 1. The Kier molecular flexibility index (Phi) is 7.72. The Labute approximate surface area is 185 Å². The second-order valence-electron chi connectivity index (χ2n) is 8.23. The molecule has 5 nitrogen and oxygen atoms in total. The molecule has 0 spiro atoms. The molecule has 1 fully saturated rings. The van der Waals surface area contributed by atoms with Crippen LogP contribution in [0.4, 0.5) is 5.69 Å². The first kappa shape index (κ1) is 22.9. The summed E-state index contributed by atoms with van der Waals surface area (Å²) in [6.45, 7) is 6.02.